The number of fused-ring (bicyclic) bond motifs is 1. The normalized spacial score (nSPS) is 25.3. The van der Waals surface area contributed by atoms with Crippen LogP contribution in [0.15, 0.2) is 18.2 Å². The number of benzene rings is 1. The average molecular weight is 284 g/mol. The van der Waals surface area contributed by atoms with E-state index >= 15 is 0 Å². The molecule has 2 aliphatic carbocycles. The monoisotopic (exact) mass is 284 g/mol. The molecule has 0 aliphatic heterocycles. The van der Waals surface area contributed by atoms with Gasteiger partial charge < -0.3 is 4.79 Å². The Morgan fingerprint density at radius 2 is 1.43 bits per heavy atom. The van der Waals surface area contributed by atoms with Crippen molar-refractivity contribution >= 4 is 6.29 Å². The zero-order chi connectivity index (χ0) is 15.3. The van der Waals surface area contributed by atoms with Gasteiger partial charge in [-0.05, 0) is 53.2 Å². The van der Waals surface area contributed by atoms with E-state index in [2.05, 4.69) is 45.9 Å². The van der Waals surface area contributed by atoms with Gasteiger partial charge >= 0.3 is 0 Å². The van der Waals surface area contributed by atoms with Crippen LogP contribution in [0.4, 0.5) is 0 Å². The van der Waals surface area contributed by atoms with Gasteiger partial charge in [0.2, 0.25) is 0 Å². The molecule has 21 heavy (non-hydrogen) atoms. The minimum absolute atomic E-state index is 0.202. The zero-order valence-corrected chi connectivity index (χ0v) is 14.0. The molecule has 0 amide bonds. The van der Waals surface area contributed by atoms with Crippen LogP contribution in [0.3, 0.4) is 0 Å². The number of rotatable bonds is 2. The lowest BCUT2D eigenvalue weighted by Crippen LogP contribution is -2.35. The summed E-state index contributed by atoms with van der Waals surface area (Å²) in [5.41, 5.74) is 4.51. The Hall–Kier alpha value is -1.11. The first-order chi connectivity index (χ1) is 9.81. The van der Waals surface area contributed by atoms with Crippen molar-refractivity contribution in [2.75, 3.05) is 0 Å². The van der Waals surface area contributed by atoms with Crippen molar-refractivity contribution in [3.63, 3.8) is 0 Å². The molecule has 1 nitrogen and oxygen atoms in total. The first kappa shape index (κ1) is 14.8. The number of hydrogen-bond acceptors (Lipinski definition) is 1. The van der Waals surface area contributed by atoms with Crippen LogP contribution in [0.1, 0.15) is 82.9 Å². The van der Waals surface area contributed by atoms with E-state index in [0.29, 0.717) is 0 Å². The summed E-state index contributed by atoms with van der Waals surface area (Å²) in [4.78, 5) is 11.8. The van der Waals surface area contributed by atoms with Crippen molar-refractivity contribution in [3.8, 4) is 0 Å². The Morgan fingerprint density at radius 1 is 0.857 bits per heavy atom. The van der Waals surface area contributed by atoms with E-state index < -0.39 is 0 Å². The predicted octanol–water partition coefficient (Wildman–Crippen LogP) is 5.05. The highest BCUT2D eigenvalue weighted by Crippen LogP contribution is 2.48. The fraction of sp³-hybridized carbons (Fsp3) is 0.650. The van der Waals surface area contributed by atoms with Gasteiger partial charge in [-0.1, -0.05) is 58.7 Å². The Bertz CT molecular complexity index is 559. The highest BCUT2D eigenvalue weighted by molar-refractivity contribution is 5.70. The fourth-order valence-electron chi connectivity index (χ4n) is 4.38. The summed E-state index contributed by atoms with van der Waals surface area (Å²) in [6.45, 7) is 9.41. The second kappa shape index (κ2) is 4.69. The zero-order valence-electron chi connectivity index (χ0n) is 14.0. The molecule has 114 valence electrons. The third-order valence-corrected chi connectivity index (χ3v) is 6.15. The first-order valence-electron chi connectivity index (χ1n) is 8.43. The van der Waals surface area contributed by atoms with Crippen LogP contribution in [-0.2, 0) is 21.0 Å². The lowest BCUT2D eigenvalue weighted by molar-refractivity contribution is -0.112. The predicted molar refractivity (Wildman–Crippen MR) is 87.9 cm³/mol. The lowest BCUT2D eigenvalue weighted by atomic mass is 9.62. The second-order valence-electron chi connectivity index (χ2n) is 8.51. The van der Waals surface area contributed by atoms with Crippen molar-refractivity contribution in [2.45, 2.75) is 82.5 Å². The van der Waals surface area contributed by atoms with Crippen LogP contribution < -0.4 is 0 Å². The molecule has 0 unspecified atom stereocenters. The maximum Gasteiger partial charge on any atom is 0.130 e. The molecule has 0 spiro atoms. The molecule has 1 heteroatoms. The summed E-state index contributed by atoms with van der Waals surface area (Å²) < 4.78 is 0. The summed E-state index contributed by atoms with van der Waals surface area (Å²) in [7, 11) is 0. The fourth-order valence-corrected chi connectivity index (χ4v) is 4.38. The molecular weight excluding hydrogens is 256 g/mol. The Kier molecular flexibility index (Phi) is 3.31. The smallest absolute Gasteiger partial charge is 0.130 e. The molecule has 1 aromatic carbocycles. The van der Waals surface area contributed by atoms with Crippen LogP contribution in [-0.4, -0.2) is 6.29 Å². The molecule has 1 aromatic rings. The van der Waals surface area contributed by atoms with E-state index in [-0.39, 0.29) is 16.2 Å². The molecule has 0 atom stereocenters. The highest BCUT2D eigenvalue weighted by Gasteiger charge is 2.40. The Morgan fingerprint density at radius 3 is 2.00 bits per heavy atom. The van der Waals surface area contributed by atoms with Gasteiger partial charge in [0.1, 0.15) is 6.29 Å². The third-order valence-electron chi connectivity index (χ3n) is 6.15. The van der Waals surface area contributed by atoms with Gasteiger partial charge in [-0.15, -0.1) is 0 Å². The number of aldehydes is 1. The van der Waals surface area contributed by atoms with Crippen LogP contribution in [0.25, 0.3) is 0 Å². The van der Waals surface area contributed by atoms with Gasteiger partial charge in [0.25, 0.3) is 0 Å². The third kappa shape index (κ3) is 2.25. The molecule has 3 rings (SSSR count). The molecule has 0 N–H and O–H groups in total. The molecule has 0 radical (unpaired) electrons. The summed E-state index contributed by atoms with van der Waals surface area (Å²) in [6.07, 6.45) is 8.12. The molecule has 1 fully saturated rings. The molecule has 2 aliphatic rings. The van der Waals surface area contributed by atoms with Crippen LogP contribution >= 0.6 is 0 Å². The van der Waals surface area contributed by atoms with Crippen molar-refractivity contribution in [1.29, 1.82) is 0 Å². The Labute approximate surface area is 129 Å². The summed E-state index contributed by atoms with van der Waals surface area (Å²) in [5, 5.41) is 0. The standard InChI is InChI=1S/C20H28O/c1-18(2)11-12-19(3,4)17-13-15(7-8-16(17)18)20(14-21)9-5-6-10-20/h7-8,13-14H,5-6,9-12H2,1-4H3. The number of carbonyl (C=O) groups is 1. The van der Waals surface area contributed by atoms with Gasteiger partial charge in [0.15, 0.2) is 0 Å². The molecule has 0 bridgehead atoms. The number of carbonyl (C=O) groups excluding carboxylic acids is 1. The second-order valence-corrected chi connectivity index (χ2v) is 8.51. The molecule has 1 saturated carbocycles. The van der Waals surface area contributed by atoms with E-state index in [1.807, 2.05) is 0 Å². The van der Waals surface area contributed by atoms with E-state index in [1.165, 1.54) is 48.7 Å². The van der Waals surface area contributed by atoms with E-state index in [1.54, 1.807) is 0 Å². The van der Waals surface area contributed by atoms with Gasteiger partial charge in [-0.2, -0.15) is 0 Å². The molecular formula is C20H28O. The molecule has 0 saturated heterocycles. The van der Waals surface area contributed by atoms with Gasteiger partial charge in [-0.3, -0.25) is 0 Å². The number of hydrogen-bond donors (Lipinski definition) is 0. The van der Waals surface area contributed by atoms with Crippen LogP contribution in [0.2, 0.25) is 0 Å². The maximum absolute atomic E-state index is 11.8. The largest absolute Gasteiger partial charge is 0.302 e. The first-order valence-corrected chi connectivity index (χ1v) is 8.43. The summed E-state index contributed by atoms with van der Waals surface area (Å²) >= 11 is 0. The van der Waals surface area contributed by atoms with Crippen LogP contribution in [0, 0.1) is 0 Å². The summed E-state index contributed by atoms with van der Waals surface area (Å²) in [6, 6.07) is 6.92. The van der Waals surface area contributed by atoms with Crippen molar-refractivity contribution in [3.05, 3.63) is 34.9 Å². The molecule has 0 heterocycles. The topological polar surface area (TPSA) is 17.1 Å². The van der Waals surface area contributed by atoms with Gasteiger partial charge in [0, 0.05) is 0 Å². The Balaban J connectivity index is 2.14. The van der Waals surface area contributed by atoms with E-state index in [9.17, 15) is 4.79 Å². The SMILES string of the molecule is CC1(C)CCC(C)(C)c2cc(C3(C=O)CCCC3)ccc21. The molecule has 0 aromatic heterocycles. The van der Waals surface area contributed by atoms with Gasteiger partial charge in [0.05, 0.1) is 5.41 Å². The lowest BCUT2D eigenvalue weighted by Gasteiger charge is -2.42. The maximum atomic E-state index is 11.8. The quantitative estimate of drug-likeness (QED) is 0.695. The minimum atomic E-state index is -0.202. The summed E-state index contributed by atoms with van der Waals surface area (Å²) in [5.74, 6) is 0. The highest BCUT2D eigenvalue weighted by atomic mass is 16.1. The van der Waals surface area contributed by atoms with Crippen LogP contribution in [0.5, 0.6) is 0 Å². The van der Waals surface area contributed by atoms with Crippen molar-refractivity contribution in [2.24, 2.45) is 0 Å². The van der Waals surface area contributed by atoms with Crippen molar-refractivity contribution in [1.82, 2.24) is 0 Å². The minimum Gasteiger partial charge on any atom is -0.302 e. The van der Waals surface area contributed by atoms with E-state index in [0.717, 1.165) is 12.8 Å². The van der Waals surface area contributed by atoms with Crippen molar-refractivity contribution < 1.29 is 4.79 Å². The average Bonchev–Trinajstić information content (AvgIpc) is 2.94. The van der Waals surface area contributed by atoms with E-state index in [4.69, 9.17) is 0 Å². The van der Waals surface area contributed by atoms with Gasteiger partial charge in [-0.25, -0.2) is 0 Å².